The van der Waals surface area contributed by atoms with E-state index >= 15 is 0 Å². The van der Waals surface area contributed by atoms with Gasteiger partial charge in [0.25, 0.3) is 0 Å². The summed E-state index contributed by atoms with van der Waals surface area (Å²) in [4.78, 5) is 10.4. The largest absolute Gasteiger partial charge is 0.481 e. The quantitative estimate of drug-likeness (QED) is 0.605. The van der Waals surface area contributed by atoms with Gasteiger partial charge in [0, 0.05) is 0 Å². The van der Waals surface area contributed by atoms with Gasteiger partial charge < -0.3 is 5.11 Å². The number of aliphatic carboxylic acids is 1. The van der Waals surface area contributed by atoms with E-state index in [1.807, 2.05) is 0 Å². The van der Waals surface area contributed by atoms with Gasteiger partial charge in [-0.05, 0) is 17.8 Å². The fourth-order valence-electron chi connectivity index (χ4n) is 1.43. The molecular formula is C8H14O2. The Morgan fingerprint density at radius 3 is 2.10 bits per heavy atom. The summed E-state index contributed by atoms with van der Waals surface area (Å²) in [6.45, 7) is 6.29. The van der Waals surface area contributed by atoms with Crippen LogP contribution in [0, 0.1) is 17.3 Å². The van der Waals surface area contributed by atoms with Gasteiger partial charge in [0.1, 0.15) is 0 Å². The maximum atomic E-state index is 10.4. The smallest absolute Gasteiger partial charge is 0.306 e. The van der Waals surface area contributed by atoms with Crippen LogP contribution < -0.4 is 0 Å². The van der Waals surface area contributed by atoms with Crippen molar-refractivity contribution in [1.29, 1.82) is 0 Å². The number of carbonyl (C=O) groups is 1. The number of hydrogen-bond donors (Lipinski definition) is 1. The van der Waals surface area contributed by atoms with Crippen LogP contribution >= 0.6 is 0 Å². The van der Waals surface area contributed by atoms with E-state index in [1.165, 1.54) is 0 Å². The van der Waals surface area contributed by atoms with Crippen LogP contribution in [0.4, 0.5) is 0 Å². The molecule has 0 heterocycles. The lowest BCUT2D eigenvalue weighted by Gasteiger charge is -2.16. The van der Waals surface area contributed by atoms with Gasteiger partial charge in [-0.1, -0.05) is 20.8 Å². The first kappa shape index (κ1) is 7.58. The average Bonchev–Trinajstić information content (AvgIpc) is 2.35. The van der Waals surface area contributed by atoms with Crippen molar-refractivity contribution in [3.05, 3.63) is 0 Å². The highest BCUT2D eigenvalue weighted by molar-refractivity contribution is 5.73. The van der Waals surface area contributed by atoms with Crippen molar-refractivity contribution < 1.29 is 9.90 Å². The van der Waals surface area contributed by atoms with Gasteiger partial charge in [0.05, 0.1) is 5.92 Å². The molecule has 1 aliphatic rings. The Balaban J connectivity index is 2.46. The van der Waals surface area contributed by atoms with Crippen molar-refractivity contribution in [1.82, 2.24) is 0 Å². The second-order valence-electron chi connectivity index (χ2n) is 4.15. The predicted molar refractivity (Wildman–Crippen MR) is 38.7 cm³/mol. The van der Waals surface area contributed by atoms with Crippen molar-refractivity contribution in [2.45, 2.75) is 27.2 Å². The molecule has 0 amide bonds. The molecule has 10 heavy (non-hydrogen) atoms. The molecule has 1 saturated carbocycles. The second kappa shape index (κ2) is 1.97. The summed E-state index contributed by atoms with van der Waals surface area (Å²) < 4.78 is 0. The zero-order valence-corrected chi connectivity index (χ0v) is 6.72. The van der Waals surface area contributed by atoms with Gasteiger partial charge in [-0.2, -0.15) is 0 Å². The van der Waals surface area contributed by atoms with Crippen LogP contribution in [0.2, 0.25) is 0 Å². The Morgan fingerprint density at radius 1 is 1.50 bits per heavy atom. The summed E-state index contributed by atoms with van der Waals surface area (Å²) in [7, 11) is 0. The first-order chi connectivity index (χ1) is 4.43. The van der Waals surface area contributed by atoms with Crippen LogP contribution in [0.5, 0.6) is 0 Å². The molecule has 0 aromatic carbocycles. The van der Waals surface area contributed by atoms with Crippen molar-refractivity contribution in [2.24, 2.45) is 17.3 Å². The molecule has 2 heteroatoms. The van der Waals surface area contributed by atoms with Gasteiger partial charge in [-0.3, -0.25) is 4.79 Å². The summed E-state index contributed by atoms with van der Waals surface area (Å²) in [6.07, 6.45) is 0.874. The lowest BCUT2D eigenvalue weighted by Crippen LogP contribution is -2.12. The first-order valence-corrected chi connectivity index (χ1v) is 3.65. The van der Waals surface area contributed by atoms with E-state index < -0.39 is 5.97 Å². The summed E-state index contributed by atoms with van der Waals surface area (Å²) in [5.41, 5.74) is 0.184. The molecular weight excluding hydrogens is 128 g/mol. The Kier molecular flexibility index (Phi) is 1.50. The Morgan fingerprint density at radius 2 is 2.00 bits per heavy atom. The average molecular weight is 142 g/mol. The normalized spacial score (nSPS) is 31.9. The lowest BCUT2D eigenvalue weighted by molar-refractivity contribution is -0.139. The van der Waals surface area contributed by atoms with E-state index in [0.29, 0.717) is 5.92 Å². The molecule has 2 nitrogen and oxygen atoms in total. The lowest BCUT2D eigenvalue weighted by atomic mass is 9.89. The van der Waals surface area contributed by atoms with Crippen LogP contribution in [0.1, 0.15) is 27.2 Å². The first-order valence-electron chi connectivity index (χ1n) is 3.65. The molecule has 0 aromatic rings. The highest BCUT2D eigenvalue weighted by atomic mass is 16.4. The van der Waals surface area contributed by atoms with Crippen LogP contribution in [-0.2, 0) is 4.79 Å². The van der Waals surface area contributed by atoms with Gasteiger partial charge >= 0.3 is 5.97 Å². The van der Waals surface area contributed by atoms with E-state index in [0.717, 1.165) is 6.42 Å². The number of carboxylic acid groups (broad SMARTS) is 1. The van der Waals surface area contributed by atoms with Crippen LogP contribution in [0.3, 0.4) is 0 Å². The Labute approximate surface area is 61.2 Å². The molecule has 2 unspecified atom stereocenters. The number of rotatable bonds is 1. The van der Waals surface area contributed by atoms with Crippen molar-refractivity contribution in [3.8, 4) is 0 Å². The number of hydrogen-bond acceptors (Lipinski definition) is 1. The topological polar surface area (TPSA) is 37.3 Å². The monoisotopic (exact) mass is 142 g/mol. The summed E-state index contributed by atoms with van der Waals surface area (Å²) >= 11 is 0. The summed E-state index contributed by atoms with van der Waals surface area (Å²) in [6, 6.07) is 0. The van der Waals surface area contributed by atoms with Crippen LogP contribution in [0.25, 0.3) is 0 Å². The van der Waals surface area contributed by atoms with Crippen LogP contribution in [0.15, 0.2) is 0 Å². The van der Waals surface area contributed by atoms with Gasteiger partial charge in [-0.15, -0.1) is 0 Å². The number of carboxylic acids is 1. The van der Waals surface area contributed by atoms with Crippen molar-refractivity contribution in [2.75, 3.05) is 0 Å². The SMILES string of the molecule is CC(C)(C)C1CC1C(=O)O. The molecule has 0 aliphatic heterocycles. The van der Waals surface area contributed by atoms with Crippen LogP contribution in [-0.4, -0.2) is 11.1 Å². The third-order valence-corrected chi connectivity index (χ3v) is 2.22. The highest BCUT2D eigenvalue weighted by Gasteiger charge is 2.49. The highest BCUT2D eigenvalue weighted by Crippen LogP contribution is 2.50. The van der Waals surface area contributed by atoms with Gasteiger partial charge in [0.2, 0.25) is 0 Å². The fourth-order valence-corrected chi connectivity index (χ4v) is 1.43. The minimum Gasteiger partial charge on any atom is -0.481 e. The minimum absolute atomic E-state index is 0.0556. The van der Waals surface area contributed by atoms with E-state index in [-0.39, 0.29) is 11.3 Å². The van der Waals surface area contributed by atoms with E-state index in [1.54, 1.807) is 0 Å². The minimum atomic E-state index is -0.625. The third kappa shape index (κ3) is 1.31. The molecule has 1 aliphatic carbocycles. The van der Waals surface area contributed by atoms with E-state index in [4.69, 9.17) is 5.11 Å². The molecule has 1 fully saturated rings. The molecule has 0 bridgehead atoms. The van der Waals surface area contributed by atoms with Crippen molar-refractivity contribution in [3.63, 3.8) is 0 Å². The summed E-state index contributed by atoms with van der Waals surface area (Å²) in [5, 5.41) is 8.59. The van der Waals surface area contributed by atoms with Gasteiger partial charge in [0.15, 0.2) is 0 Å². The standard InChI is InChI=1S/C8H14O2/c1-8(2,3)6-4-5(6)7(9)10/h5-6H,4H2,1-3H3,(H,9,10). The van der Waals surface area contributed by atoms with Gasteiger partial charge in [-0.25, -0.2) is 0 Å². The van der Waals surface area contributed by atoms with E-state index in [2.05, 4.69) is 20.8 Å². The molecule has 0 aromatic heterocycles. The Bertz CT molecular complexity index is 155. The molecule has 1 N–H and O–H groups in total. The molecule has 0 spiro atoms. The zero-order valence-electron chi connectivity index (χ0n) is 6.72. The third-order valence-electron chi connectivity index (χ3n) is 2.22. The summed E-state index contributed by atoms with van der Waals surface area (Å²) in [5.74, 6) is -0.273. The predicted octanol–water partition coefficient (Wildman–Crippen LogP) is 1.75. The molecule has 0 radical (unpaired) electrons. The molecule has 58 valence electrons. The Hall–Kier alpha value is -0.530. The maximum absolute atomic E-state index is 10.4. The zero-order chi connectivity index (χ0) is 7.94. The second-order valence-corrected chi connectivity index (χ2v) is 4.15. The van der Waals surface area contributed by atoms with Crippen molar-refractivity contribution >= 4 is 5.97 Å². The van der Waals surface area contributed by atoms with E-state index in [9.17, 15) is 4.79 Å². The fraction of sp³-hybridized carbons (Fsp3) is 0.875. The molecule has 1 rings (SSSR count). The molecule has 2 atom stereocenters. The molecule has 0 saturated heterocycles. The maximum Gasteiger partial charge on any atom is 0.306 e.